The Balaban J connectivity index is 2.05. The molecule has 0 unspecified atom stereocenters. The summed E-state index contributed by atoms with van der Waals surface area (Å²) in [7, 11) is -3.19. The lowest BCUT2D eigenvalue weighted by Crippen LogP contribution is -2.50. The highest BCUT2D eigenvalue weighted by Crippen LogP contribution is 2.19. The topological polar surface area (TPSA) is 81.5 Å². The molecule has 0 aromatic carbocycles. The smallest absolute Gasteiger partial charge is 0.265 e. The van der Waals surface area contributed by atoms with Crippen molar-refractivity contribution in [2.24, 2.45) is 0 Å². The molecule has 2 rings (SSSR count). The normalized spacial score (nSPS) is 16.9. The fourth-order valence-electron chi connectivity index (χ4n) is 2.06. The molecule has 0 bridgehead atoms. The highest BCUT2D eigenvalue weighted by molar-refractivity contribution is 7.89. The molecule has 0 atom stereocenters. The first-order valence-electron chi connectivity index (χ1n) is 6.24. The lowest BCUT2D eigenvalue weighted by molar-refractivity contribution is 0.0702. The molecule has 0 radical (unpaired) electrons. The van der Waals surface area contributed by atoms with E-state index in [-0.39, 0.29) is 11.7 Å². The third kappa shape index (κ3) is 2.85. The molecule has 108 valence electrons. The van der Waals surface area contributed by atoms with Gasteiger partial charge in [0.25, 0.3) is 5.91 Å². The fraction of sp³-hybridized carbons (Fsp3) is 0.500. The zero-order valence-corrected chi connectivity index (χ0v) is 12.7. The van der Waals surface area contributed by atoms with Gasteiger partial charge in [0, 0.05) is 26.2 Å². The standard InChI is InChI=1S/C12H15N3O3S2/c1-2-20(17,18)15-6-4-14(5-7-15)12(16)11-10(9-13)3-8-19-11/h3,8H,2,4-7H2,1H3. The molecule has 0 N–H and O–H groups in total. The van der Waals surface area contributed by atoms with E-state index in [1.165, 1.54) is 15.6 Å². The fourth-order valence-corrected chi connectivity index (χ4v) is 3.95. The molecule has 1 fully saturated rings. The Labute approximate surface area is 122 Å². The minimum atomic E-state index is -3.19. The number of hydrogen-bond donors (Lipinski definition) is 0. The number of rotatable bonds is 3. The van der Waals surface area contributed by atoms with E-state index >= 15 is 0 Å². The highest BCUT2D eigenvalue weighted by atomic mass is 32.2. The van der Waals surface area contributed by atoms with E-state index in [4.69, 9.17) is 5.26 Å². The summed E-state index contributed by atoms with van der Waals surface area (Å²) in [4.78, 5) is 14.3. The Kier molecular flexibility index (Phi) is 4.42. The Morgan fingerprint density at radius 2 is 2.05 bits per heavy atom. The Morgan fingerprint density at radius 1 is 1.40 bits per heavy atom. The van der Waals surface area contributed by atoms with Crippen LogP contribution in [0.5, 0.6) is 0 Å². The summed E-state index contributed by atoms with van der Waals surface area (Å²) in [6.07, 6.45) is 0. The maximum absolute atomic E-state index is 12.3. The minimum absolute atomic E-state index is 0.0739. The predicted molar refractivity (Wildman–Crippen MR) is 76.0 cm³/mol. The van der Waals surface area contributed by atoms with Crippen LogP contribution in [0.25, 0.3) is 0 Å². The van der Waals surface area contributed by atoms with Crippen molar-refractivity contribution < 1.29 is 13.2 Å². The molecule has 1 aromatic heterocycles. The van der Waals surface area contributed by atoms with Gasteiger partial charge in [-0.2, -0.15) is 9.57 Å². The van der Waals surface area contributed by atoms with Crippen LogP contribution in [0.4, 0.5) is 0 Å². The molecule has 2 heterocycles. The summed E-state index contributed by atoms with van der Waals surface area (Å²) in [6, 6.07) is 3.62. The van der Waals surface area contributed by atoms with E-state index in [1.807, 2.05) is 6.07 Å². The van der Waals surface area contributed by atoms with Crippen LogP contribution in [0.1, 0.15) is 22.2 Å². The molecule has 1 aliphatic heterocycles. The molecule has 1 saturated heterocycles. The van der Waals surface area contributed by atoms with E-state index in [9.17, 15) is 13.2 Å². The second kappa shape index (κ2) is 5.91. The van der Waals surface area contributed by atoms with Crippen molar-refractivity contribution in [1.29, 1.82) is 5.26 Å². The first-order valence-corrected chi connectivity index (χ1v) is 8.73. The summed E-state index contributed by atoms with van der Waals surface area (Å²) in [5, 5.41) is 10.6. The Bertz CT molecular complexity index is 637. The summed E-state index contributed by atoms with van der Waals surface area (Å²) in [5.41, 5.74) is 0.378. The third-order valence-corrected chi connectivity index (χ3v) is 6.05. The van der Waals surface area contributed by atoms with Gasteiger partial charge in [0.15, 0.2) is 0 Å². The minimum Gasteiger partial charge on any atom is -0.335 e. The quantitative estimate of drug-likeness (QED) is 0.823. The molecule has 1 amide bonds. The maximum Gasteiger partial charge on any atom is 0.265 e. The van der Waals surface area contributed by atoms with Gasteiger partial charge in [-0.1, -0.05) is 0 Å². The van der Waals surface area contributed by atoms with Gasteiger partial charge in [0.2, 0.25) is 10.0 Å². The maximum atomic E-state index is 12.3. The average molecular weight is 313 g/mol. The summed E-state index contributed by atoms with van der Waals surface area (Å²) in [5.74, 6) is -0.116. The Morgan fingerprint density at radius 3 is 2.60 bits per heavy atom. The molecule has 1 aromatic rings. The van der Waals surface area contributed by atoms with Crippen LogP contribution < -0.4 is 0 Å². The predicted octanol–water partition coefficient (Wildman–Crippen LogP) is 0.727. The van der Waals surface area contributed by atoms with Gasteiger partial charge < -0.3 is 4.90 Å². The first-order chi connectivity index (χ1) is 9.49. The van der Waals surface area contributed by atoms with Gasteiger partial charge in [-0.05, 0) is 18.4 Å². The van der Waals surface area contributed by atoms with Gasteiger partial charge in [-0.15, -0.1) is 11.3 Å². The number of nitrogens with zero attached hydrogens (tertiary/aromatic N) is 3. The molecule has 6 nitrogen and oxygen atoms in total. The second-order valence-electron chi connectivity index (χ2n) is 4.37. The molecular formula is C12H15N3O3S2. The zero-order valence-electron chi connectivity index (χ0n) is 11.1. The van der Waals surface area contributed by atoms with Crippen LogP contribution in [-0.2, 0) is 10.0 Å². The molecule has 20 heavy (non-hydrogen) atoms. The van der Waals surface area contributed by atoms with E-state index in [0.29, 0.717) is 36.6 Å². The van der Waals surface area contributed by atoms with Crippen molar-refractivity contribution in [3.05, 3.63) is 21.9 Å². The summed E-state index contributed by atoms with van der Waals surface area (Å²) < 4.78 is 24.9. The summed E-state index contributed by atoms with van der Waals surface area (Å²) >= 11 is 1.24. The van der Waals surface area contributed by atoms with E-state index in [2.05, 4.69) is 0 Å². The number of sulfonamides is 1. The number of thiophene rings is 1. The van der Waals surface area contributed by atoms with Gasteiger partial charge in [-0.3, -0.25) is 4.79 Å². The molecule has 0 spiro atoms. The summed E-state index contributed by atoms with van der Waals surface area (Å²) in [6.45, 7) is 2.96. The first kappa shape index (κ1) is 15.0. The van der Waals surface area contributed by atoms with Crippen molar-refractivity contribution in [1.82, 2.24) is 9.21 Å². The van der Waals surface area contributed by atoms with E-state index in [0.717, 1.165) is 0 Å². The number of piperazine rings is 1. The third-order valence-electron chi connectivity index (χ3n) is 3.26. The SMILES string of the molecule is CCS(=O)(=O)N1CCN(C(=O)c2sccc2C#N)CC1. The lowest BCUT2D eigenvalue weighted by atomic mass is 10.2. The Hall–Kier alpha value is -1.43. The average Bonchev–Trinajstić information content (AvgIpc) is 2.95. The van der Waals surface area contributed by atoms with Gasteiger partial charge in [0.1, 0.15) is 10.9 Å². The number of hydrogen-bond acceptors (Lipinski definition) is 5. The molecule has 1 aliphatic rings. The zero-order chi connectivity index (χ0) is 14.8. The van der Waals surface area contributed by atoms with Crippen LogP contribution in [0, 0.1) is 11.3 Å². The molecular weight excluding hydrogens is 298 g/mol. The monoisotopic (exact) mass is 313 g/mol. The van der Waals surface area contributed by atoms with Crippen LogP contribution >= 0.6 is 11.3 Å². The highest BCUT2D eigenvalue weighted by Gasteiger charge is 2.29. The largest absolute Gasteiger partial charge is 0.335 e. The number of carbonyl (C=O) groups is 1. The van der Waals surface area contributed by atoms with Crippen molar-refractivity contribution in [2.75, 3.05) is 31.9 Å². The molecule has 0 saturated carbocycles. The van der Waals surface area contributed by atoms with Crippen molar-refractivity contribution >= 4 is 27.3 Å². The van der Waals surface area contributed by atoms with Gasteiger partial charge in [0.05, 0.1) is 11.3 Å². The van der Waals surface area contributed by atoms with Crippen molar-refractivity contribution in [2.45, 2.75) is 6.92 Å². The van der Waals surface area contributed by atoms with Crippen LogP contribution in [0.3, 0.4) is 0 Å². The van der Waals surface area contributed by atoms with Crippen molar-refractivity contribution in [3.63, 3.8) is 0 Å². The van der Waals surface area contributed by atoms with Gasteiger partial charge in [-0.25, -0.2) is 8.42 Å². The molecule has 0 aliphatic carbocycles. The van der Waals surface area contributed by atoms with Gasteiger partial charge >= 0.3 is 0 Å². The lowest BCUT2D eigenvalue weighted by Gasteiger charge is -2.33. The number of carbonyl (C=O) groups excluding carboxylic acids is 1. The second-order valence-corrected chi connectivity index (χ2v) is 7.54. The number of amides is 1. The van der Waals surface area contributed by atoms with Crippen LogP contribution in [-0.4, -0.2) is 55.5 Å². The van der Waals surface area contributed by atoms with Crippen LogP contribution in [0.2, 0.25) is 0 Å². The van der Waals surface area contributed by atoms with Crippen LogP contribution in [0.15, 0.2) is 11.4 Å². The molecule has 8 heteroatoms. The van der Waals surface area contributed by atoms with E-state index < -0.39 is 10.0 Å². The number of nitriles is 1. The van der Waals surface area contributed by atoms with E-state index in [1.54, 1.807) is 23.3 Å². The van der Waals surface area contributed by atoms with Crippen molar-refractivity contribution in [3.8, 4) is 6.07 Å².